The molecule has 0 aliphatic carbocycles. The van der Waals surface area contributed by atoms with Gasteiger partial charge < -0.3 is 10.6 Å². The molecule has 4 aromatic rings. The van der Waals surface area contributed by atoms with E-state index < -0.39 is 0 Å². The van der Waals surface area contributed by atoms with Crippen molar-refractivity contribution in [2.75, 3.05) is 10.6 Å². The van der Waals surface area contributed by atoms with Crippen LogP contribution in [0.2, 0.25) is 20.1 Å². The van der Waals surface area contributed by atoms with Crippen LogP contribution in [0, 0.1) is 0 Å². The lowest BCUT2D eigenvalue weighted by Gasteiger charge is -2.32. The van der Waals surface area contributed by atoms with Crippen molar-refractivity contribution < 1.29 is 0 Å². The lowest BCUT2D eigenvalue weighted by molar-refractivity contribution is 0.647. The normalized spacial score (nSPS) is 12.8. The summed E-state index contributed by atoms with van der Waals surface area (Å²) in [7, 11) is 0. The molecule has 4 rings (SSSR count). The Morgan fingerprint density at radius 1 is 0.500 bits per heavy atom. The molecular formula is C26H20Cl4N2S2. The molecule has 2 N–H and O–H groups in total. The summed E-state index contributed by atoms with van der Waals surface area (Å²) in [5.74, 6) is 0. The lowest BCUT2D eigenvalue weighted by atomic mass is 9.92. The smallest absolute Gasteiger partial charge is 0.0758 e. The highest BCUT2D eigenvalue weighted by Crippen LogP contribution is 2.40. The highest BCUT2D eigenvalue weighted by Gasteiger charge is 2.27. The zero-order valence-corrected chi connectivity index (χ0v) is 22.5. The molecule has 2 atom stereocenters. The molecule has 34 heavy (non-hydrogen) atoms. The van der Waals surface area contributed by atoms with Gasteiger partial charge in [-0.05, 0) is 71.8 Å². The number of para-hydroxylation sites is 2. The van der Waals surface area contributed by atoms with Gasteiger partial charge in [-0.25, -0.2) is 0 Å². The van der Waals surface area contributed by atoms with Crippen molar-refractivity contribution in [3.63, 3.8) is 0 Å². The van der Waals surface area contributed by atoms with Gasteiger partial charge in [0.15, 0.2) is 0 Å². The number of rotatable bonds is 7. The average molecular weight is 566 g/mol. The summed E-state index contributed by atoms with van der Waals surface area (Å²) in [5, 5.41) is 9.39. The summed E-state index contributed by atoms with van der Waals surface area (Å²) in [5.41, 5.74) is 3.45. The molecular weight excluding hydrogens is 546 g/mol. The number of hydrogen-bond donors (Lipinski definition) is 4. The van der Waals surface area contributed by atoms with E-state index in [-0.39, 0.29) is 12.1 Å². The Balaban J connectivity index is 1.90. The van der Waals surface area contributed by atoms with Gasteiger partial charge in [0.05, 0.1) is 12.1 Å². The quantitative estimate of drug-likeness (QED) is 0.168. The van der Waals surface area contributed by atoms with Gasteiger partial charge in [0.1, 0.15) is 0 Å². The summed E-state index contributed by atoms with van der Waals surface area (Å²) in [6, 6.07) is 25.8. The van der Waals surface area contributed by atoms with Crippen molar-refractivity contribution in [3.8, 4) is 0 Å². The number of anilines is 2. The Morgan fingerprint density at radius 3 is 1.15 bits per heavy atom. The minimum atomic E-state index is -0.341. The second kappa shape index (κ2) is 11.4. The maximum Gasteiger partial charge on any atom is 0.0758 e. The van der Waals surface area contributed by atoms with Crippen LogP contribution in [0.3, 0.4) is 0 Å². The van der Waals surface area contributed by atoms with Crippen LogP contribution in [0.15, 0.2) is 94.7 Å². The summed E-state index contributed by atoms with van der Waals surface area (Å²) >= 11 is 34.9. The molecule has 0 aliphatic heterocycles. The number of halogens is 4. The number of hydrogen-bond acceptors (Lipinski definition) is 4. The fourth-order valence-electron chi connectivity index (χ4n) is 3.75. The first-order valence-corrected chi connectivity index (χ1v) is 12.7. The number of benzene rings is 4. The first kappa shape index (κ1) is 25.4. The fraction of sp³-hybridized carbons (Fsp3) is 0.0769. The van der Waals surface area contributed by atoms with E-state index in [4.69, 9.17) is 46.4 Å². The zero-order valence-electron chi connectivity index (χ0n) is 17.6. The van der Waals surface area contributed by atoms with Gasteiger partial charge >= 0.3 is 0 Å². The zero-order chi connectivity index (χ0) is 24.2. The van der Waals surface area contributed by atoms with E-state index in [2.05, 4.69) is 35.9 Å². The monoisotopic (exact) mass is 564 g/mol. The Labute approximate surface area is 230 Å². The Hall–Kier alpha value is -1.66. The summed E-state index contributed by atoms with van der Waals surface area (Å²) in [6.45, 7) is 0. The van der Waals surface area contributed by atoms with Gasteiger partial charge in [0, 0.05) is 41.3 Å². The van der Waals surface area contributed by atoms with E-state index in [1.54, 1.807) is 12.1 Å². The van der Waals surface area contributed by atoms with Crippen LogP contribution in [-0.4, -0.2) is 0 Å². The summed E-state index contributed by atoms with van der Waals surface area (Å²) < 4.78 is 0. The van der Waals surface area contributed by atoms with Crippen LogP contribution in [-0.2, 0) is 0 Å². The second-order valence-corrected chi connectivity index (χ2v) is 10.4. The maximum absolute atomic E-state index is 6.41. The van der Waals surface area contributed by atoms with E-state index in [9.17, 15) is 0 Å². The molecule has 8 heteroatoms. The number of nitrogens with one attached hydrogen (secondary N) is 2. The van der Waals surface area contributed by atoms with E-state index in [0.29, 0.717) is 20.1 Å². The van der Waals surface area contributed by atoms with Crippen LogP contribution in [0.4, 0.5) is 11.4 Å². The molecule has 0 amide bonds. The lowest BCUT2D eigenvalue weighted by Crippen LogP contribution is -2.26. The predicted octanol–water partition coefficient (Wildman–Crippen LogP) is 9.88. The predicted molar refractivity (Wildman–Crippen MR) is 153 cm³/mol. The van der Waals surface area contributed by atoms with Crippen molar-refractivity contribution in [1.29, 1.82) is 0 Å². The number of thiol groups is 2. The van der Waals surface area contributed by atoms with Crippen molar-refractivity contribution >= 4 is 83.0 Å². The Bertz CT molecular complexity index is 1170. The van der Waals surface area contributed by atoms with E-state index in [1.165, 1.54) is 0 Å². The summed E-state index contributed by atoms with van der Waals surface area (Å²) in [6.07, 6.45) is 0. The van der Waals surface area contributed by atoms with Crippen LogP contribution < -0.4 is 10.6 Å². The van der Waals surface area contributed by atoms with E-state index in [1.807, 2.05) is 72.8 Å². The molecule has 0 fully saturated rings. The highest BCUT2D eigenvalue weighted by molar-refractivity contribution is 7.80. The molecule has 0 spiro atoms. The van der Waals surface area contributed by atoms with Crippen LogP contribution in [0.1, 0.15) is 23.2 Å². The summed E-state index contributed by atoms with van der Waals surface area (Å²) in [4.78, 5) is 1.61. The largest absolute Gasteiger partial charge is 0.375 e. The van der Waals surface area contributed by atoms with Crippen molar-refractivity contribution in [2.45, 2.75) is 21.9 Å². The molecule has 0 heterocycles. The molecule has 0 aliphatic rings. The minimum Gasteiger partial charge on any atom is -0.375 e. The van der Waals surface area contributed by atoms with Gasteiger partial charge in [-0.15, -0.1) is 25.3 Å². The topological polar surface area (TPSA) is 24.1 Å². The van der Waals surface area contributed by atoms with Crippen LogP contribution in [0.5, 0.6) is 0 Å². The third-order valence-electron chi connectivity index (χ3n) is 5.25. The molecule has 0 saturated heterocycles. The standard InChI is InChI=1S/C26H20Cl4N2S2/c27-17-9-15(10-18(28)13-17)25(31-21-5-1-3-7-23(21)33)26(16-11-19(29)14-20(30)12-16)32-22-6-2-4-8-24(22)34/h1-14,25-26,31-34H. The molecule has 4 aromatic carbocycles. The van der Waals surface area contributed by atoms with Gasteiger partial charge in [-0.3, -0.25) is 0 Å². The van der Waals surface area contributed by atoms with E-state index in [0.717, 1.165) is 32.3 Å². The highest BCUT2D eigenvalue weighted by atomic mass is 35.5. The third kappa shape index (κ3) is 6.31. The van der Waals surface area contributed by atoms with Gasteiger partial charge in [-0.2, -0.15) is 0 Å². The van der Waals surface area contributed by atoms with Gasteiger partial charge in [0.25, 0.3) is 0 Å². The third-order valence-corrected chi connectivity index (χ3v) is 6.90. The van der Waals surface area contributed by atoms with Crippen molar-refractivity contribution in [2.24, 2.45) is 0 Å². The molecule has 0 aromatic heterocycles. The van der Waals surface area contributed by atoms with Crippen LogP contribution in [0.25, 0.3) is 0 Å². The maximum atomic E-state index is 6.41. The van der Waals surface area contributed by atoms with Gasteiger partial charge in [-0.1, -0.05) is 70.7 Å². The fourth-order valence-corrected chi connectivity index (χ4v) is 5.29. The first-order chi connectivity index (χ1) is 16.3. The average Bonchev–Trinajstić information content (AvgIpc) is 2.77. The van der Waals surface area contributed by atoms with Crippen molar-refractivity contribution in [1.82, 2.24) is 0 Å². The molecule has 0 radical (unpaired) electrons. The molecule has 0 bridgehead atoms. The van der Waals surface area contributed by atoms with Crippen LogP contribution >= 0.6 is 71.7 Å². The van der Waals surface area contributed by atoms with Gasteiger partial charge in [0.2, 0.25) is 0 Å². The molecule has 0 saturated carbocycles. The van der Waals surface area contributed by atoms with E-state index >= 15 is 0 Å². The molecule has 174 valence electrons. The Kier molecular flexibility index (Phi) is 8.52. The SMILES string of the molecule is Sc1ccccc1NC(c1cc(Cl)cc(Cl)c1)C(Nc1ccccc1S)c1cc(Cl)cc(Cl)c1. The second-order valence-electron chi connectivity index (χ2n) is 7.68. The Morgan fingerprint density at radius 2 is 0.824 bits per heavy atom. The minimum absolute atomic E-state index is 0.341. The molecule has 2 nitrogen and oxygen atoms in total. The van der Waals surface area contributed by atoms with Crippen molar-refractivity contribution in [3.05, 3.63) is 116 Å². The first-order valence-electron chi connectivity index (χ1n) is 10.3. The molecule has 2 unspecified atom stereocenters.